The van der Waals surface area contributed by atoms with Crippen LogP contribution in [-0.4, -0.2) is 95.3 Å². The van der Waals surface area contributed by atoms with E-state index < -0.39 is 0 Å². The van der Waals surface area contributed by atoms with E-state index >= 15 is 0 Å². The van der Waals surface area contributed by atoms with Gasteiger partial charge < -0.3 is 0 Å². The molecule has 0 saturated heterocycles. The second kappa shape index (κ2) is 36.3. The Bertz CT molecular complexity index is 15.5. The molecular formula is H10CdGaInOPbSn. The third-order valence-electron chi connectivity index (χ3n) is 0. The Labute approximate surface area is 122 Å². The third-order valence-corrected chi connectivity index (χ3v) is 0. The second-order valence-electron chi connectivity index (χ2n) is 0. The van der Waals surface area contributed by atoms with E-state index in [4.69, 9.17) is 2.69 Å². The first-order chi connectivity index (χ1) is 1.00. The molecule has 0 aliphatic rings. The van der Waals surface area contributed by atoms with Crippen molar-refractivity contribution in [2.75, 3.05) is 0 Å². The molecule has 0 N–H and O–H groups in total. The summed E-state index contributed by atoms with van der Waals surface area (Å²) in [5.74, 6) is 0. The van der Waals surface area contributed by atoms with Gasteiger partial charge in [0, 0.05) is 27.3 Å². The zero-order valence-corrected chi connectivity index (χ0v) is 9.54. The predicted octanol–water partition coefficient (Wildman–Crippen LogP) is -4.32. The standard InChI is InChI=1S/Cd.Ga.In.O.Pb.Sn.10H. The van der Waals surface area contributed by atoms with Gasteiger partial charge in [-0.25, -0.2) is 0 Å². The van der Waals surface area contributed by atoms with E-state index in [-0.39, 0.29) is 123 Å². The van der Waals surface area contributed by atoms with Gasteiger partial charge in [0.15, 0.2) is 0 Å². The van der Waals surface area contributed by atoms with Crippen molar-refractivity contribution >= 4 is 95.3 Å². The molecule has 0 aromatic carbocycles. The van der Waals surface area contributed by atoms with E-state index in [2.05, 4.69) is 0 Å². The molecule has 0 aromatic heterocycles. The molecular weight excluding hydrogens is 639 g/mol. The Balaban J connectivity index is -0.000000000833. The molecule has 0 spiro atoms. The quantitative estimate of drug-likeness (QED) is 0.243. The number of rotatable bonds is 0. The maximum atomic E-state index is 8.39. The second-order valence-corrected chi connectivity index (χ2v) is 0. The van der Waals surface area contributed by atoms with Gasteiger partial charge >= 0.3 is 98.0 Å². The Morgan fingerprint density at radius 2 is 1.17 bits per heavy atom. The van der Waals surface area contributed by atoms with Gasteiger partial charge in [-0.3, -0.25) is 0 Å². The molecule has 0 saturated carbocycles. The monoisotopic (exact) mass is 652 g/mol. The molecule has 2 radical (unpaired) electrons. The van der Waals surface area contributed by atoms with Crippen molar-refractivity contribution in [1.29, 1.82) is 0 Å². The Kier molecular flexibility index (Phi) is 197. The van der Waals surface area contributed by atoms with Gasteiger partial charge in [0.2, 0.25) is 0 Å². The topological polar surface area (TPSA) is 17.1 Å². The predicted molar refractivity (Wildman–Crippen MR) is 37.7 cm³/mol. The van der Waals surface area contributed by atoms with Crippen LogP contribution >= 0.6 is 0 Å². The minimum atomic E-state index is 0. The average Bonchev–Trinajstić information content (AvgIpc) is 1.00. The van der Waals surface area contributed by atoms with E-state index in [1.165, 1.54) is 0 Å². The molecule has 0 aliphatic heterocycles. The zero-order valence-electron chi connectivity index (χ0n) is 1.62. The molecule has 6 heteroatoms. The zero-order chi connectivity index (χ0) is 2.00. The van der Waals surface area contributed by atoms with Crippen molar-refractivity contribution in [3.8, 4) is 0 Å². The fourth-order valence-electron chi connectivity index (χ4n) is 0. The van der Waals surface area contributed by atoms with Crippen LogP contribution in [0.15, 0.2) is 0 Å². The Morgan fingerprint density at radius 1 is 1.17 bits per heavy atom. The fraction of sp³-hybridized carbons (Fsp3) is 0. The number of hydrogen-bond donors (Lipinski definition) is 0. The van der Waals surface area contributed by atoms with Crippen LogP contribution in [0.2, 0.25) is 0 Å². The van der Waals surface area contributed by atoms with E-state index in [1.54, 1.807) is 0 Å². The molecule has 6 heavy (non-hydrogen) atoms. The Hall–Kier alpha value is 3.95. The van der Waals surface area contributed by atoms with Crippen LogP contribution in [0.1, 0.15) is 0 Å². The van der Waals surface area contributed by atoms with Crippen LogP contribution in [0.5, 0.6) is 0 Å². The fourth-order valence-corrected chi connectivity index (χ4v) is 0. The molecule has 32 valence electrons. The van der Waals surface area contributed by atoms with Crippen molar-refractivity contribution in [2.24, 2.45) is 0 Å². The maximum absolute atomic E-state index is 8.39. The van der Waals surface area contributed by atoms with Crippen molar-refractivity contribution in [3.63, 3.8) is 0 Å². The summed E-state index contributed by atoms with van der Waals surface area (Å²) < 4.78 is 8.39. The van der Waals surface area contributed by atoms with Crippen molar-refractivity contribution < 1.29 is 30.0 Å². The summed E-state index contributed by atoms with van der Waals surface area (Å²) in [4.78, 5) is 0. The molecule has 1 nitrogen and oxygen atoms in total. The summed E-state index contributed by atoms with van der Waals surface area (Å²) in [6, 6.07) is 0. The van der Waals surface area contributed by atoms with Crippen LogP contribution in [0.3, 0.4) is 0 Å². The van der Waals surface area contributed by atoms with Gasteiger partial charge in [-0.05, 0) is 0 Å². The molecule has 0 rings (SSSR count). The summed E-state index contributed by atoms with van der Waals surface area (Å²) in [5.41, 5.74) is 0. The normalized spacial score (nSPS) is 0.667. The van der Waals surface area contributed by atoms with E-state index in [9.17, 15) is 0 Å². The first kappa shape index (κ1) is 32.5. The van der Waals surface area contributed by atoms with Gasteiger partial charge in [-0.1, -0.05) is 0 Å². The van der Waals surface area contributed by atoms with Gasteiger partial charge in [0.1, 0.15) is 0 Å². The molecule has 0 heterocycles. The summed E-state index contributed by atoms with van der Waals surface area (Å²) in [6.45, 7) is 0. The van der Waals surface area contributed by atoms with Crippen LogP contribution < -0.4 is 0 Å². The summed E-state index contributed by atoms with van der Waals surface area (Å²) in [6.07, 6.45) is 0. The van der Waals surface area contributed by atoms with Crippen LogP contribution in [0.25, 0.3) is 0 Å². The molecule has 0 bridgehead atoms. The van der Waals surface area contributed by atoms with Gasteiger partial charge in [0.05, 0.1) is 0 Å². The Morgan fingerprint density at radius 3 is 1.17 bits per heavy atom. The van der Waals surface area contributed by atoms with Crippen molar-refractivity contribution in [1.82, 2.24) is 0 Å². The molecule has 0 aliphatic carbocycles. The van der Waals surface area contributed by atoms with Crippen LogP contribution in [0, 0.1) is 0 Å². The van der Waals surface area contributed by atoms with Gasteiger partial charge in [0.25, 0.3) is 0 Å². The van der Waals surface area contributed by atoms with Gasteiger partial charge in [-0.2, -0.15) is 0 Å². The average molecular weight is 649 g/mol. The van der Waals surface area contributed by atoms with Crippen molar-refractivity contribution in [2.45, 2.75) is 0 Å². The first-order valence-corrected chi connectivity index (χ1v) is 1.79. The molecule has 0 unspecified atom stereocenters. The van der Waals surface area contributed by atoms with E-state index in [0.29, 0.717) is 0 Å². The minimum absolute atomic E-state index is 0. The molecule has 0 amide bonds. The molecule has 0 atom stereocenters. The number of hydrogen-bond acceptors (Lipinski definition) is 1. The van der Waals surface area contributed by atoms with Crippen LogP contribution in [0.4, 0.5) is 0 Å². The summed E-state index contributed by atoms with van der Waals surface area (Å²) in [5, 5.41) is 0. The molecule has 0 aromatic rings. The summed E-state index contributed by atoms with van der Waals surface area (Å²) >= 11 is 0.0556. The van der Waals surface area contributed by atoms with E-state index in [1.807, 2.05) is 0 Å². The van der Waals surface area contributed by atoms with Crippen molar-refractivity contribution in [3.05, 3.63) is 0 Å². The van der Waals surface area contributed by atoms with Gasteiger partial charge in [-0.15, -0.1) is 0 Å². The molecule has 0 fully saturated rings. The third kappa shape index (κ3) is 24.6. The van der Waals surface area contributed by atoms with E-state index in [0.717, 1.165) is 0 Å². The summed E-state index contributed by atoms with van der Waals surface area (Å²) in [7, 11) is 0. The van der Waals surface area contributed by atoms with Crippen LogP contribution in [-0.2, 0) is 30.0 Å². The first-order valence-electron chi connectivity index (χ1n) is 0.204. The SMILES string of the molecule is [Cd].[GaH3].[InH3].[O]=[Pb].[SnH4].